The summed E-state index contributed by atoms with van der Waals surface area (Å²) in [7, 11) is 1.73. The Hall–Kier alpha value is -2.65. The van der Waals surface area contributed by atoms with Gasteiger partial charge in [0.25, 0.3) is 5.91 Å². The van der Waals surface area contributed by atoms with Gasteiger partial charge in [-0.15, -0.1) is 0 Å². The average Bonchev–Trinajstić information content (AvgIpc) is 2.83. The highest BCUT2D eigenvalue weighted by atomic mass is 16.2. The highest BCUT2D eigenvalue weighted by molar-refractivity contribution is 6.02. The van der Waals surface area contributed by atoms with Crippen molar-refractivity contribution < 1.29 is 9.90 Å². The van der Waals surface area contributed by atoms with E-state index in [9.17, 15) is 4.79 Å². The fraction of sp³-hybridized carbons (Fsp3) is 0.154. The maximum absolute atomic E-state index is 11.9. The molecule has 2 N–H and O–H groups in total. The number of nitrogens with zero attached hydrogens (tertiary/aromatic N) is 3. The maximum atomic E-state index is 11.9. The predicted octanol–water partition coefficient (Wildman–Crippen LogP) is 0.411. The van der Waals surface area contributed by atoms with Crippen LogP contribution in [0, 0.1) is 11.8 Å². The normalized spacial score (nSPS) is 9.58. The van der Waals surface area contributed by atoms with Gasteiger partial charge in [-0.1, -0.05) is 12.0 Å². The molecule has 2 rings (SSSR count). The quantitative estimate of drug-likeness (QED) is 0.763. The van der Waals surface area contributed by atoms with Crippen LogP contribution in [-0.4, -0.2) is 32.2 Å². The number of aryl methyl sites for hydroxylation is 1. The maximum Gasteiger partial charge on any atom is 0.275 e. The molecule has 0 aliphatic carbocycles. The van der Waals surface area contributed by atoms with Gasteiger partial charge in [-0.25, -0.2) is 9.97 Å². The summed E-state index contributed by atoms with van der Waals surface area (Å²) in [5, 5.41) is 11.3. The molecule has 0 unspecified atom stereocenters. The number of carbonyl (C=O) groups is 1. The molecule has 19 heavy (non-hydrogen) atoms. The number of aliphatic hydroxyl groups is 1. The number of anilines is 1. The second-order valence-corrected chi connectivity index (χ2v) is 3.71. The van der Waals surface area contributed by atoms with E-state index in [0.29, 0.717) is 17.2 Å². The summed E-state index contributed by atoms with van der Waals surface area (Å²) >= 11 is 0. The molecule has 2 heterocycles. The third kappa shape index (κ3) is 3.18. The number of hydrogen-bond acceptors (Lipinski definition) is 4. The number of pyridine rings is 1. The molecule has 6 nitrogen and oxygen atoms in total. The fourth-order valence-electron chi connectivity index (χ4n) is 1.46. The lowest BCUT2D eigenvalue weighted by molar-refractivity contribution is 0.101. The Bertz CT molecular complexity index is 652. The van der Waals surface area contributed by atoms with Crippen LogP contribution in [0.15, 0.2) is 30.7 Å². The van der Waals surface area contributed by atoms with Gasteiger partial charge in [0.1, 0.15) is 23.8 Å². The van der Waals surface area contributed by atoms with Gasteiger partial charge in [0.2, 0.25) is 0 Å². The molecule has 0 saturated carbocycles. The van der Waals surface area contributed by atoms with E-state index < -0.39 is 0 Å². The number of aliphatic hydroxyl groups excluding tert-OH is 1. The Morgan fingerprint density at radius 2 is 2.37 bits per heavy atom. The molecule has 1 amide bonds. The highest BCUT2D eigenvalue weighted by Crippen LogP contribution is 2.06. The van der Waals surface area contributed by atoms with Crippen molar-refractivity contribution in [3.8, 4) is 11.8 Å². The lowest BCUT2D eigenvalue weighted by Crippen LogP contribution is -2.16. The molecular weight excluding hydrogens is 244 g/mol. The van der Waals surface area contributed by atoms with Crippen molar-refractivity contribution in [2.45, 2.75) is 0 Å². The van der Waals surface area contributed by atoms with Crippen molar-refractivity contribution in [1.29, 1.82) is 0 Å². The number of imidazole rings is 1. The molecule has 0 radical (unpaired) electrons. The number of rotatable bonds is 2. The summed E-state index contributed by atoms with van der Waals surface area (Å²) in [5.41, 5.74) is 0.922. The van der Waals surface area contributed by atoms with Gasteiger partial charge in [0, 0.05) is 7.05 Å². The van der Waals surface area contributed by atoms with Gasteiger partial charge >= 0.3 is 0 Å². The monoisotopic (exact) mass is 256 g/mol. The van der Waals surface area contributed by atoms with Gasteiger partial charge in [0.15, 0.2) is 0 Å². The first kappa shape index (κ1) is 12.8. The van der Waals surface area contributed by atoms with Crippen LogP contribution in [0.25, 0.3) is 0 Å². The van der Waals surface area contributed by atoms with Gasteiger partial charge < -0.3 is 15.0 Å². The fourth-order valence-corrected chi connectivity index (χ4v) is 1.46. The van der Waals surface area contributed by atoms with Gasteiger partial charge in [-0.2, -0.15) is 0 Å². The van der Waals surface area contributed by atoms with Crippen LogP contribution in [0.3, 0.4) is 0 Å². The van der Waals surface area contributed by atoms with Crippen molar-refractivity contribution in [2.24, 2.45) is 7.05 Å². The van der Waals surface area contributed by atoms with E-state index in [-0.39, 0.29) is 12.5 Å². The Morgan fingerprint density at radius 1 is 1.53 bits per heavy atom. The van der Waals surface area contributed by atoms with Crippen LogP contribution < -0.4 is 5.32 Å². The van der Waals surface area contributed by atoms with E-state index in [4.69, 9.17) is 5.11 Å². The lowest BCUT2D eigenvalue weighted by Gasteiger charge is -2.04. The average molecular weight is 256 g/mol. The smallest absolute Gasteiger partial charge is 0.275 e. The van der Waals surface area contributed by atoms with Crippen LogP contribution in [-0.2, 0) is 7.05 Å². The summed E-state index contributed by atoms with van der Waals surface area (Å²) < 4.78 is 1.62. The summed E-state index contributed by atoms with van der Waals surface area (Å²) in [6, 6.07) is 5.09. The number of nitrogens with one attached hydrogen (secondary N) is 1. The first-order chi connectivity index (χ1) is 9.20. The largest absolute Gasteiger partial charge is 0.384 e. The second-order valence-electron chi connectivity index (χ2n) is 3.71. The number of aromatic nitrogens is 3. The molecular formula is C13H12N4O2. The van der Waals surface area contributed by atoms with Crippen molar-refractivity contribution in [3.05, 3.63) is 42.1 Å². The first-order valence-electron chi connectivity index (χ1n) is 5.55. The molecule has 6 heteroatoms. The predicted molar refractivity (Wildman–Crippen MR) is 69.4 cm³/mol. The summed E-state index contributed by atoms with van der Waals surface area (Å²) in [4.78, 5) is 20.0. The van der Waals surface area contributed by atoms with Crippen LogP contribution in [0.2, 0.25) is 0 Å². The molecule has 0 spiro atoms. The first-order valence-corrected chi connectivity index (χ1v) is 5.55. The lowest BCUT2D eigenvalue weighted by atomic mass is 10.3. The van der Waals surface area contributed by atoms with E-state index in [0.717, 1.165) is 0 Å². The minimum absolute atomic E-state index is 0.229. The molecule has 0 aromatic carbocycles. The van der Waals surface area contributed by atoms with Crippen LogP contribution >= 0.6 is 0 Å². The summed E-state index contributed by atoms with van der Waals surface area (Å²) in [5.74, 6) is 5.28. The Labute approximate surface area is 110 Å². The molecule has 2 aromatic heterocycles. The number of hydrogen-bond donors (Lipinski definition) is 2. The molecule has 96 valence electrons. The van der Waals surface area contributed by atoms with E-state index in [1.807, 2.05) is 0 Å². The van der Waals surface area contributed by atoms with Gasteiger partial charge in [0.05, 0.1) is 12.5 Å². The third-order valence-corrected chi connectivity index (χ3v) is 2.34. The zero-order valence-corrected chi connectivity index (χ0v) is 10.3. The molecule has 0 atom stereocenters. The Morgan fingerprint density at radius 3 is 3.05 bits per heavy atom. The van der Waals surface area contributed by atoms with Crippen molar-refractivity contribution in [2.75, 3.05) is 11.9 Å². The van der Waals surface area contributed by atoms with Crippen molar-refractivity contribution in [3.63, 3.8) is 0 Å². The zero-order chi connectivity index (χ0) is 13.7. The molecule has 0 saturated heterocycles. The second kappa shape index (κ2) is 5.80. The van der Waals surface area contributed by atoms with Gasteiger partial charge in [-0.05, 0) is 18.1 Å². The SMILES string of the molecule is Cn1cncc1C(=O)Nc1cccc(C#CCO)n1. The zero-order valence-electron chi connectivity index (χ0n) is 10.3. The van der Waals surface area contributed by atoms with Crippen LogP contribution in [0.1, 0.15) is 16.2 Å². The van der Waals surface area contributed by atoms with E-state index >= 15 is 0 Å². The van der Waals surface area contributed by atoms with Crippen LogP contribution in [0.4, 0.5) is 5.82 Å². The molecule has 0 bridgehead atoms. The summed E-state index contributed by atoms with van der Waals surface area (Å²) in [6.07, 6.45) is 3.02. The molecule has 2 aromatic rings. The highest BCUT2D eigenvalue weighted by Gasteiger charge is 2.10. The number of amides is 1. The molecule has 0 aliphatic heterocycles. The summed E-state index contributed by atoms with van der Waals surface area (Å²) in [6.45, 7) is -0.229. The van der Waals surface area contributed by atoms with Crippen LogP contribution in [0.5, 0.6) is 0 Å². The molecule has 0 fully saturated rings. The minimum atomic E-state index is -0.292. The van der Waals surface area contributed by atoms with Crippen molar-refractivity contribution >= 4 is 11.7 Å². The minimum Gasteiger partial charge on any atom is -0.384 e. The topological polar surface area (TPSA) is 80.0 Å². The number of carbonyl (C=O) groups excluding carboxylic acids is 1. The third-order valence-electron chi connectivity index (χ3n) is 2.34. The van der Waals surface area contributed by atoms with E-state index in [1.54, 1.807) is 36.1 Å². The van der Waals surface area contributed by atoms with E-state index in [2.05, 4.69) is 27.1 Å². The Balaban J connectivity index is 2.15. The van der Waals surface area contributed by atoms with E-state index in [1.165, 1.54) is 6.20 Å². The van der Waals surface area contributed by atoms with Gasteiger partial charge in [-0.3, -0.25) is 4.79 Å². The Kier molecular flexibility index (Phi) is 3.90. The standard InChI is InChI=1S/C13H12N4O2/c1-17-9-14-8-11(17)13(19)16-12-6-2-4-10(15-12)5-3-7-18/h2,4,6,8-9,18H,7H2,1H3,(H,15,16,19). The molecule has 0 aliphatic rings. The van der Waals surface area contributed by atoms with Crippen molar-refractivity contribution in [1.82, 2.24) is 14.5 Å².